The molecule has 1 unspecified atom stereocenters. The van der Waals surface area contributed by atoms with Gasteiger partial charge in [0.25, 0.3) is 0 Å². The zero-order valence-corrected chi connectivity index (χ0v) is 19.9. The molecule has 4 N–H and O–H groups in total. The summed E-state index contributed by atoms with van der Waals surface area (Å²) in [6.07, 6.45) is 0.309. The van der Waals surface area contributed by atoms with Gasteiger partial charge in [-0.15, -0.1) is 5.10 Å². The SMILES string of the molecule is Cc1c(-c2ccnn2-c2ccc(N)cc2S(C)=O)cn2nc(N)nc2c1-c1cccc(C(F)(F)F)c1. The number of nitrogens with zero attached hydrogens (tertiary/aromatic N) is 5. The van der Waals surface area contributed by atoms with Gasteiger partial charge in [-0.25, -0.2) is 9.20 Å². The van der Waals surface area contributed by atoms with Crippen molar-refractivity contribution >= 4 is 28.1 Å². The smallest absolute Gasteiger partial charge is 0.399 e. The molecular formula is C24H20F3N7OS. The maximum absolute atomic E-state index is 13.5. The number of hydrogen-bond acceptors (Lipinski definition) is 6. The second kappa shape index (κ2) is 8.48. The lowest BCUT2D eigenvalue weighted by molar-refractivity contribution is -0.137. The molecule has 36 heavy (non-hydrogen) atoms. The Morgan fingerprint density at radius 2 is 1.83 bits per heavy atom. The van der Waals surface area contributed by atoms with E-state index in [1.165, 1.54) is 10.6 Å². The quantitative estimate of drug-likeness (QED) is 0.344. The van der Waals surface area contributed by atoms with Crippen LogP contribution in [0.3, 0.4) is 0 Å². The summed E-state index contributed by atoms with van der Waals surface area (Å²) in [5.41, 5.74) is 15.0. The third-order valence-corrected chi connectivity index (χ3v) is 6.77. The molecule has 8 nitrogen and oxygen atoms in total. The van der Waals surface area contributed by atoms with Crippen LogP contribution < -0.4 is 11.5 Å². The lowest BCUT2D eigenvalue weighted by Gasteiger charge is -2.17. The summed E-state index contributed by atoms with van der Waals surface area (Å²) in [7, 11) is -1.36. The molecule has 2 aromatic carbocycles. The molecule has 3 heterocycles. The van der Waals surface area contributed by atoms with Crippen molar-refractivity contribution < 1.29 is 17.4 Å². The van der Waals surface area contributed by atoms with Crippen molar-refractivity contribution in [2.45, 2.75) is 18.0 Å². The van der Waals surface area contributed by atoms with Gasteiger partial charge in [-0.3, -0.25) is 4.21 Å². The minimum atomic E-state index is -4.51. The van der Waals surface area contributed by atoms with Gasteiger partial charge in [-0.2, -0.15) is 23.3 Å². The van der Waals surface area contributed by atoms with Crippen LogP contribution in [0.4, 0.5) is 24.8 Å². The Morgan fingerprint density at radius 1 is 1.06 bits per heavy atom. The zero-order chi connectivity index (χ0) is 25.8. The van der Waals surface area contributed by atoms with Gasteiger partial charge >= 0.3 is 6.18 Å². The van der Waals surface area contributed by atoms with Crippen molar-refractivity contribution in [2.75, 3.05) is 17.7 Å². The number of rotatable bonds is 4. The molecule has 0 radical (unpaired) electrons. The lowest BCUT2D eigenvalue weighted by Crippen LogP contribution is -2.07. The van der Waals surface area contributed by atoms with Crippen LogP contribution in [0.25, 0.3) is 33.7 Å². The molecule has 5 rings (SSSR count). The van der Waals surface area contributed by atoms with Gasteiger partial charge in [-0.05, 0) is 54.4 Å². The molecule has 0 amide bonds. The van der Waals surface area contributed by atoms with Crippen LogP contribution in [0.5, 0.6) is 0 Å². The number of benzene rings is 2. The summed E-state index contributed by atoms with van der Waals surface area (Å²) in [6, 6.07) is 11.8. The Kier molecular flexibility index (Phi) is 5.55. The Morgan fingerprint density at radius 3 is 2.56 bits per heavy atom. The van der Waals surface area contributed by atoms with E-state index in [2.05, 4.69) is 15.2 Å². The van der Waals surface area contributed by atoms with E-state index in [9.17, 15) is 17.4 Å². The minimum Gasteiger partial charge on any atom is -0.399 e. The largest absolute Gasteiger partial charge is 0.416 e. The number of pyridine rings is 1. The normalized spacial score (nSPS) is 12.8. The monoisotopic (exact) mass is 511 g/mol. The topological polar surface area (TPSA) is 117 Å². The summed E-state index contributed by atoms with van der Waals surface area (Å²) >= 11 is 0. The van der Waals surface area contributed by atoms with E-state index in [0.717, 1.165) is 12.1 Å². The van der Waals surface area contributed by atoms with Crippen molar-refractivity contribution in [2.24, 2.45) is 0 Å². The maximum Gasteiger partial charge on any atom is 0.416 e. The van der Waals surface area contributed by atoms with Gasteiger partial charge < -0.3 is 11.5 Å². The highest BCUT2D eigenvalue weighted by atomic mass is 32.2. The highest BCUT2D eigenvalue weighted by Gasteiger charge is 2.31. The van der Waals surface area contributed by atoms with E-state index in [1.54, 1.807) is 60.6 Å². The van der Waals surface area contributed by atoms with E-state index in [-0.39, 0.29) is 5.95 Å². The highest BCUT2D eigenvalue weighted by Crippen LogP contribution is 2.38. The number of alkyl halides is 3. The molecule has 3 aromatic heterocycles. The van der Waals surface area contributed by atoms with Gasteiger partial charge in [0.1, 0.15) is 0 Å². The highest BCUT2D eigenvalue weighted by molar-refractivity contribution is 7.84. The van der Waals surface area contributed by atoms with E-state index < -0.39 is 22.5 Å². The molecule has 0 aliphatic carbocycles. The van der Waals surface area contributed by atoms with Crippen molar-refractivity contribution in [1.29, 1.82) is 0 Å². The predicted octanol–water partition coefficient (Wildman–Crippen LogP) is 4.48. The molecule has 0 spiro atoms. The van der Waals surface area contributed by atoms with Crippen molar-refractivity contribution in [3.05, 3.63) is 72.1 Å². The van der Waals surface area contributed by atoms with E-state index in [0.29, 0.717) is 49.9 Å². The van der Waals surface area contributed by atoms with E-state index in [1.807, 2.05) is 0 Å². The number of aromatic nitrogens is 5. The van der Waals surface area contributed by atoms with Crippen LogP contribution in [0, 0.1) is 6.92 Å². The fourth-order valence-electron chi connectivity index (χ4n) is 4.21. The third kappa shape index (κ3) is 3.98. The first-order valence-corrected chi connectivity index (χ1v) is 12.2. The number of fused-ring (bicyclic) bond motifs is 1. The predicted molar refractivity (Wildman–Crippen MR) is 132 cm³/mol. The minimum absolute atomic E-state index is 0.0181. The molecule has 0 aliphatic heterocycles. The number of nitrogen functional groups attached to an aromatic ring is 2. The fourth-order valence-corrected chi connectivity index (χ4v) is 4.96. The van der Waals surface area contributed by atoms with Crippen LogP contribution in [0.15, 0.2) is 65.8 Å². The lowest BCUT2D eigenvalue weighted by atomic mass is 9.95. The molecule has 12 heteroatoms. The molecule has 0 saturated heterocycles. The molecule has 1 atom stereocenters. The summed E-state index contributed by atoms with van der Waals surface area (Å²) in [6.45, 7) is 1.79. The van der Waals surface area contributed by atoms with Gasteiger partial charge in [0.05, 0.1) is 38.8 Å². The summed E-state index contributed by atoms with van der Waals surface area (Å²) in [5, 5.41) is 8.64. The molecule has 184 valence electrons. The van der Waals surface area contributed by atoms with E-state index >= 15 is 0 Å². The second-order valence-electron chi connectivity index (χ2n) is 8.17. The molecule has 5 aromatic rings. The van der Waals surface area contributed by atoms with Gasteiger partial charge in [0, 0.05) is 29.3 Å². The Balaban J connectivity index is 1.79. The third-order valence-electron chi connectivity index (χ3n) is 5.82. The Hall–Kier alpha value is -4.19. The Labute approximate surface area is 205 Å². The maximum atomic E-state index is 13.5. The second-order valence-corrected chi connectivity index (χ2v) is 9.52. The van der Waals surface area contributed by atoms with Crippen LogP contribution >= 0.6 is 0 Å². The number of halogens is 3. The average molecular weight is 512 g/mol. The molecular weight excluding hydrogens is 491 g/mol. The van der Waals surface area contributed by atoms with Crippen LogP contribution in [0.1, 0.15) is 11.1 Å². The van der Waals surface area contributed by atoms with Crippen molar-refractivity contribution in [1.82, 2.24) is 24.4 Å². The Bertz CT molecular complexity index is 1660. The average Bonchev–Trinajstić information content (AvgIpc) is 3.44. The van der Waals surface area contributed by atoms with E-state index in [4.69, 9.17) is 11.5 Å². The molecule has 0 bridgehead atoms. The number of nitrogens with two attached hydrogens (primary N) is 2. The number of hydrogen-bond donors (Lipinski definition) is 2. The zero-order valence-electron chi connectivity index (χ0n) is 19.1. The summed E-state index contributed by atoms with van der Waals surface area (Å²) < 4.78 is 55.9. The first-order chi connectivity index (χ1) is 17.0. The van der Waals surface area contributed by atoms with Crippen molar-refractivity contribution in [3.63, 3.8) is 0 Å². The van der Waals surface area contributed by atoms with Crippen LogP contribution in [-0.2, 0) is 17.0 Å². The van der Waals surface area contributed by atoms with Gasteiger partial charge in [0.15, 0.2) is 5.65 Å². The van der Waals surface area contributed by atoms with Gasteiger partial charge in [-0.1, -0.05) is 12.1 Å². The molecule has 0 fully saturated rings. The van der Waals surface area contributed by atoms with Crippen molar-refractivity contribution in [3.8, 4) is 28.1 Å². The number of anilines is 2. The molecule has 0 saturated carbocycles. The van der Waals surface area contributed by atoms with Crippen LogP contribution in [-0.4, -0.2) is 34.8 Å². The first-order valence-electron chi connectivity index (χ1n) is 10.7. The summed E-state index contributed by atoms with van der Waals surface area (Å²) in [4.78, 5) is 4.75. The summed E-state index contributed by atoms with van der Waals surface area (Å²) in [5.74, 6) is -0.0181. The fraction of sp³-hybridized carbons (Fsp3) is 0.125. The van der Waals surface area contributed by atoms with Crippen LogP contribution in [0.2, 0.25) is 0 Å². The standard InChI is InChI=1S/C24H20F3N7OS/c1-13-17(18-8-9-30-34(18)19-7-6-16(28)11-20(19)36(2)35)12-33-22(31-23(29)32-33)21(13)14-4-3-5-15(10-14)24(25,26)27/h3-12H,28H2,1-2H3,(H2,29,32). The molecule has 0 aliphatic rings. The first kappa shape index (κ1) is 23.5. The van der Waals surface area contributed by atoms with Gasteiger partial charge in [0.2, 0.25) is 5.95 Å².